The normalized spacial score (nSPS) is 35.0. The molecule has 1 saturated heterocycles. The predicted molar refractivity (Wildman–Crippen MR) is 67.7 cm³/mol. The topological polar surface area (TPSA) is 64.7 Å². The monoisotopic (exact) mass is 249 g/mol. The van der Waals surface area contributed by atoms with Gasteiger partial charge in [0.2, 0.25) is 0 Å². The Morgan fingerprint density at radius 2 is 2.06 bits per heavy atom. The van der Waals surface area contributed by atoms with Crippen LogP contribution in [-0.4, -0.2) is 37.1 Å². The van der Waals surface area contributed by atoms with Crippen molar-refractivity contribution in [2.45, 2.75) is 23.9 Å². The number of ether oxygens (including phenoxy) is 2. The summed E-state index contributed by atoms with van der Waals surface area (Å²) in [5, 5.41) is 11.0. The molecule has 1 aromatic carbocycles. The summed E-state index contributed by atoms with van der Waals surface area (Å²) in [5.74, 6) is 0.842. The van der Waals surface area contributed by atoms with Gasteiger partial charge >= 0.3 is 0 Å². The van der Waals surface area contributed by atoms with E-state index in [1.807, 2.05) is 24.3 Å². The number of benzene rings is 1. The number of aliphatic hydroxyl groups is 1. The van der Waals surface area contributed by atoms with Crippen LogP contribution in [0.15, 0.2) is 24.3 Å². The Bertz CT molecular complexity index is 442. The molecule has 3 N–H and O–H groups in total. The molecule has 0 spiro atoms. The number of hydrogen-bond donors (Lipinski definition) is 2. The van der Waals surface area contributed by atoms with E-state index in [0.717, 1.165) is 17.7 Å². The summed E-state index contributed by atoms with van der Waals surface area (Å²) in [6.07, 6.45) is 1.37. The number of fused-ring (bicyclic) bond motifs is 1. The van der Waals surface area contributed by atoms with E-state index in [2.05, 4.69) is 0 Å². The standard InChI is InChI=1S/C14H19NO3/c15-9-13(14(16)6-7-17-10-14)5-8-18-12-4-2-1-3-11(12)13/h1-4,16H,5-10,15H2. The highest BCUT2D eigenvalue weighted by Gasteiger charge is 2.54. The first kappa shape index (κ1) is 12.0. The summed E-state index contributed by atoms with van der Waals surface area (Å²) in [7, 11) is 0. The second kappa shape index (κ2) is 4.23. The zero-order valence-electron chi connectivity index (χ0n) is 10.4. The molecule has 2 aliphatic heterocycles. The van der Waals surface area contributed by atoms with Crippen LogP contribution in [0.1, 0.15) is 18.4 Å². The Hall–Kier alpha value is -1.10. The minimum Gasteiger partial charge on any atom is -0.493 e. The third kappa shape index (κ3) is 1.49. The third-order valence-electron chi connectivity index (χ3n) is 4.43. The smallest absolute Gasteiger partial charge is 0.123 e. The molecule has 0 bridgehead atoms. The van der Waals surface area contributed by atoms with E-state index in [1.54, 1.807) is 0 Å². The molecule has 18 heavy (non-hydrogen) atoms. The highest BCUT2D eigenvalue weighted by atomic mass is 16.5. The molecule has 0 aromatic heterocycles. The zero-order valence-corrected chi connectivity index (χ0v) is 10.4. The number of para-hydroxylation sites is 1. The van der Waals surface area contributed by atoms with Crippen molar-refractivity contribution in [2.75, 3.05) is 26.4 Å². The second-order valence-corrected chi connectivity index (χ2v) is 5.22. The molecule has 2 aliphatic rings. The van der Waals surface area contributed by atoms with E-state index in [9.17, 15) is 5.11 Å². The van der Waals surface area contributed by atoms with Gasteiger partial charge in [0.1, 0.15) is 11.4 Å². The fraction of sp³-hybridized carbons (Fsp3) is 0.571. The van der Waals surface area contributed by atoms with E-state index >= 15 is 0 Å². The van der Waals surface area contributed by atoms with E-state index < -0.39 is 11.0 Å². The maximum Gasteiger partial charge on any atom is 0.123 e. The lowest BCUT2D eigenvalue weighted by Crippen LogP contribution is -2.58. The molecule has 4 nitrogen and oxygen atoms in total. The van der Waals surface area contributed by atoms with Gasteiger partial charge in [-0.2, -0.15) is 0 Å². The van der Waals surface area contributed by atoms with Gasteiger partial charge in [-0.25, -0.2) is 0 Å². The fourth-order valence-corrected chi connectivity index (χ4v) is 3.27. The van der Waals surface area contributed by atoms with E-state index in [4.69, 9.17) is 15.2 Å². The van der Waals surface area contributed by atoms with Crippen LogP contribution in [0.4, 0.5) is 0 Å². The lowest BCUT2D eigenvalue weighted by molar-refractivity contribution is -0.0563. The summed E-state index contributed by atoms with van der Waals surface area (Å²) in [5.41, 5.74) is 5.75. The van der Waals surface area contributed by atoms with E-state index in [1.165, 1.54) is 0 Å². The van der Waals surface area contributed by atoms with Crippen LogP contribution in [0, 0.1) is 0 Å². The van der Waals surface area contributed by atoms with Crippen LogP contribution in [0.3, 0.4) is 0 Å². The van der Waals surface area contributed by atoms with E-state index in [0.29, 0.717) is 32.8 Å². The van der Waals surface area contributed by atoms with Crippen LogP contribution < -0.4 is 10.5 Å². The van der Waals surface area contributed by atoms with Gasteiger partial charge in [-0.05, 0) is 12.5 Å². The van der Waals surface area contributed by atoms with Crippen molar-refractivity contribution in [3.8, 4) is 5.75 Å². The molecule has 4 heteroatoms. The molecule has 0 aliphatic carbocycles. The van der Waals surface area contributed by atoms with Crippen molar-refractivity contribution in [1.82, 2.24) is 0 Å². The van der Waals surface area contributed by atoms with Crippen molar-refractivity contribution in [3.05, 3.63) is 29.8 Å². The minimum atomic E-state index is -0.873. The fourth-order valence-electron chi connectivity index (χ4n) is 3.27. The average molecular weight is 249 g/mol. The lowest BCUT2D eigenvalue weighted by atomic mass is 9.63. The number of nitrogens with two attached hydrogens (primary N) is 1. The van der Waals surface area contributed by atoms with Crippen molar-refractivity contribution >= 4 is 0 Å². The molecule has 1 fully saturated rings. The molecule has 2 unspecified atom stereocenters. The Labute approximate surface area is 107 Å². The van der Waals surface area contributed by atoms with Gasteiger partial charge in [0, 0.05) is 30.6 Å². The van der Waals surface area contributed by atoms with Crippen LogP contribution in [0.25, 0.3) is 0 Å². The van der Waals surface area contributed by atoms with Gasteiger partial charge in [0.05, 0.1) is 13.2 Å². The Balaban J connectivity index is 2.12. The molecule has 3 rings (SSSR count). The Kier molecular flexibility index (Phi) is 2.81. The second-order valence-electron chi connectivity index (χ2n) is 5.22. The van der Waals surface area contributed by atoms with Gasteiger partial charge in [-0.3, -0.25) is 0 Å². The molecule has 0 radical (unpaired) electrons. The molecule has 98 valence electrons. The van der Waals surface area contributed by atoms with Gasteiger partial charge in [-0.15, -0.1) is 0 Å². The Morgan fingerprint density at radius 1 is 1.22 bits per heavy atom. The first-order valence-corrected chi connectivity index (χ1v) is 6.44. The van der Waals surface area contributed by atoms with Gasteiger partial charge in [0.15, 0.2) is 0 Å². The maximum atomic E-state index is 11.0. The summed E-state index contributed by atoms with van der Waals surface area (Å²) in [4.78, 5) is 0. The third-order valence-corrected chi connectivity index (χ3v) is 4.43. The maximum absolute atomic E-state index is 11.0. The predicted octanol–water partition coefficient (Wildman–Crippen LogP) is 0.817. The molecular weight excluding hydrogens is 230 g/mol. The molecule has 2 atom stereocenters. The van der Waals surface area contributed by atoms with Crippen LogP contribution >= 0.6 is 0 Å². The van der Waals surface area contributed by atoms with Crippen molar-refractivity contribution in [1.29, 1.82) is 0 Å². The number of hydrogen-bond acceptors (Lipinski definition) is 4. The van der Waals surface area contributed by atoms with E-state index in [-0.39, 0.29) is 0 Å². The van der Waals surface area contributed by atoms with Crippen LogP contribution in [-0.2, 0) is 10.2 Å². The summed E-state index contributed by atoms with van der Waals surface area (Å²) in [6.45, 7) is 1.96. The first-order chi connectivity index (χ1) is 8.72. The van der Waals surface area contributed by atoms with Gasteiger partial charge in [0.25, 0.3) is 0 Å². The van der Waals surface area contributed by atoms with Gasteiger partial charge < -0.3 is 20.3 Å². The highest BCUT2D eigenvalue weighted by molar-refractivity contribution is 5.44. The summed E-state index contributed by atoms with van der Waals surface area (Å²) in [6, 6.07) is 7.87. The Morgan fingerprint density at radius 3 is 2.78 bits per heavy atom. The summed E-state index contributed by atoms with van der Waals surface area (Å²) >= 11 is 0. The largest absolute Gasteiger partial charge is 0.493 e. The lowest BCUT2D eigenvalue weighted by Gasteiger charge is -2.47. The molecular formula is C14H19NO3. The molecule has 1 aromatic rings. The summed E-state index contributed by atoms with van der Waals surface area (Å²) < 4.78 is 11.1. The molecule has 0 amide bonds. The zero-order chi connectivity index (χ0) is 12.6. The van der Waals surface area contributed by atoms with Crippen LogP contribution in [0.2, 0.25) is 0 Å². The molecule has 0 saturated carbocycles. The minimum absolute atomic E-state index is 0.360. The van der Waals surface area contributed by atoms with Crippen molar-refractivity contribution in [2.24, 2.45) is 5.73 Å². The first-order valence-electron chi connectivity index (χ1n) is 6.44. The van der Waals surface area contributed by atoms with Gasteiger partial charge in [-0.1, -0.05) is 18.2 Å². The number of rotatable bonds is 2. The van der Waals surface area contributed by atoms with Crippen molar-refractivity contribution < 1.29 is 14.6 Å². The SMILES string of the molecule is NCC1(C2(O)CCOC2)CCOc2ccccc21. The van der Waals surface area contributed by atoms with Crippen LogP contribution in [0.5, 0.6) is 5.75 Å². The quantitative estimate of drug-likeness (QED) is 0.814. The molecule has 2 heterocycles. The average Bonchev–Trinajstić information content (AvgIpc) is 2.86. The highest BCUT2D eigenvalue weighted by Crippen LogP contribution is 2.48. The van der Waals surface area contributed by atoms with Crippen molar-refractivity contribution in [3.63, 3.8) is 0 Å².